The largest absolute Gasteiger partial charge is 0.296 e. The molecule has 1 aromatic carbocycles. The minimum Gasteiger partial charge on any atom is -0.296 e. The maximum absolute atomic E-state index is 13.7. The van der Waals surface area contributed by atoms with Gasteiger partial charge in [-0.05, 0) is 55.8 Å². The topological polar surface area (TPSA) is 20.3 Å². The van der Waals surface area contributed by atoms with Gasteiger partial charge in [0, 0.05) is 0 Å². The van der Waals surface area contributed by atoms with Gasteiger partial charge in [0.2, 0.25) is 0 Å². The van der Waals surface area contributed by atoms with E-state index < -0.39 is 5.82 Å². The lowest BCUT2D eigenvalue weighted by Gasteiger charge is -2.29. The number of carbonyl (C=O) groups excluding carboxylic acids is 1. The predicted octanol–water partition coefficient (Wildman–Crippen LogP) is 4.16. The Hall–Kier alpha value is -1.22. The standard InChI is InChI=1S/C18H26FNO/c1-18(2,3)14-7-6-11-20(12-10-14)13-17(21)15-8-4-5-9-16(15)19/h4-5,8-9,14H,6-7,10-13H2,1-3H3. The van der Waals surface area contributed by atoms with Crippen molar-refractivity contribution in [1.82, 2.24) is 4.90 Å². The molecule has 0 bridgehead atoms. The number of halogens is 1. The normalized spacial score (nSPS) is 21.0. The lowest BCUT2D eigenvalue weighted by Crippen LogP contribution is -2.31. The molecule has 0 saturated carbocycles. The highest BCUT2D eigenvalue weighted by Gasteiger charge is 2.27. The van der Waals surface area contributed by atoms with Gasteiger partial charge in [0.25, 0.3) is 0 Å². The van der Waals surface area contributed by atoms with Crippen LogP contribution in [0.1, 0.15) is 50.4 Å². The summed E-state index contributed by atoms with van der Waals surface area (Å²) in [6.45, 7) is 9.07. The van der Waals surface area contributed by atoms with Crippen LogP contribution in [0.5, 0.6) is 0 Å². The second-order valence-corrected chi connectivity index (χ2v) is 7.17. The molecule has 0 aromatic heterocycles. The van der Waals surface area contributed by atoms with Crippen molar-refractivity contribution in [2.45, 2.75) is 40.0 Å². The van der Waals surface area contributed by atoms with Gasteiger partial charge in [0.1, 0.15) is 5.82 Å². The first kappa shape index (κ1) is 16.2. The molecular weight excluding hydrogens is 265 g/mol. The monoisotopic (exact) mass is 291 g/mol. The Morgan fingerprint density at radius 2 is 1.95 bits per heavy atom. The summed E-state index contributed by atoms with van der Waals surface area (Å²) in [4.78, 5) is 14.4. The van der Waals surface area contributed by atoms with E-state index in [0.717, 1.165) is 25.9 Å². The number of Topliss-reactive ketones (excluding diaryl/α,β-unsaturated/α-hetero) is 1. The average molecular weight is 291 g/mol. The second kappa shape index (κ2) is 6.69. The van der Waals surface area contributed by atoms with Crippen LogP contribution in [0.2, 0.25) is 0 Å². The molecule has 0 N–H and O–H groups in total. The molecule has 1 aromatic rings. The minimum absolute atomic E-state index is 0.109. The van der Waals surface area contributed by atoms with Gasteiger partial charge >= 0.3 is 0 Å². The Morgan fingerprint density at radius 1 is 1.24 bits per heavy atom. The van der Waals surface area contributed by atoms with Crippen LogP contribution in [0.4, 0.5) is 4.39 Å². The molecule has 0 aliphatic carbocycles. The van der Waals surface area contributed by atoms with Crippen LogP contribution >= 0.6 is 0 Å². The van der Waals surface area contributed by atoms with Gasteiger partial charge in [-0.1, -0.05) is 32.9 Å². The zero-order valence-electron chi connectivity index (χ0n) is 13.4. The Morgan fingerprint density at radius 3 is 2.62 bits per heavy atom. The molecule has 1 aliphatic rings. The zero-order valence-corrected chi connectivity index (χ0v) is 13.4. The highest BCUT2D eigenvalue weighted by atomic mass is 19.1. The molecule has 0 amide bonds. The molecule has 1 unspecified atom stereocenters. The van der Waals surface area contributed by atoms with Crippen LogP contribution in [0, 0.1) is 17.2 Å². The van der Waals surface area contributed by atoms with E-state index in [4.69, 9.17) is 0 Å². The summed E-state index contributed by atoms with van der Waals surface area (Å²) in [5.41, 5.74) is 0.542. The molecule has 0 spiro atoms. The Kier molecular flexibility index (Phi) is 5.15. The number of hydrogen-bond acceptors (Lipinski definition) is 2. The number of nitrogens with zero attached hydrogens (tertiary/aromatic N) is 1. The quantitative estimate of drug-likeness (QED) is 0.780. The Bertz CT molecular complexity index is 492. The third kappa shape index (κ3) is 4.37. The number of rotatable bonds is 3. The van der Waals surface area contributed by atoms with Crippen molar-refractivity contribution in [3.63, 3.8) is 0 Å². The number of benzene rings is 1. The number of carbonyl (C=O) groups is 1. The van der Waals surface area contributed by atoms with E-state index >= 15 is 0 Å². The first-order valence-corrected chi connectivity index (χ1v) is 7.88. The van der Waals surface area contributed by atoms with Crippen molar-refractivity contribution < 1.29 is 9.18 Å². The van der Waals surface area contributed by atoms with Gasteiger partial charge in [-0.3, -0.25) is 9.69 Å². The minimum atomic E-state index is -0.412. The van der Waals surface area contributed by atoms with Gasteiger partial charge in [0.05, 0.1) is 12.1 Å². The smallest absolute Gasteiger partial charge is 0.179 e. The molecule has 1 fully saturated rings. The average Bonchev–Trinajstić information content (AvgIpc) is 2.64. The van der Waals surface area contributed by atoms with Gasteiger partial charge in [0.15, 0.2) is 5.78 Å². The molecule has 1 atom stereocenters. The maximum Gasteiger partial charge on any atom is 0.179 e. The van der Waals surface area contributed by atoms with Crippen molar-refractivity contribution in [2.75, 3.05) is 19.6 Å². The van der Waals surface area contributed by atoms with Crippen molar-refractivity contribution in [1.29, 1.82) is 0 Å². The number of hydrogen-bond donors (Lipinski definition) is 0. The van der Waals surface area contributed by atoms with Gasteiger partial charge in [-0.25, -0.2) is 4.39 Å². The highest BCUT2D eigenvalue weighted by Crippen LogP contribution is 2.34. The molecule has 116 valence electrons. The predicted molar refractivity (Wildman–Crippen MR) is 84.0 cm³/mol. The van der Waals surface area contributed by atoms with E-state index in [1.807, 2.05) is 0 Å². The number of ketones is 1. The number of likely N-dealkylation sites (tertiary alicyclic amines) is 1. The second-order valence-electron chi connectivity index (χ2n) is 7.17. The van der Waals surface area contributed by atoms with Crippen LogP contribution in [-0.2, 0) is 0 Å². The molecule has 1 heterocycles. The summed E-state index contributed by atoms with van der Waals surface area (Å²) in [6.07, 6.45) is 3.45. The van der Waals surface area contributed by atoms with Crippen LogP contribution in [0.3, 0.4) is 0 Å². The first-order valence-electron chi connectivity index (χ1n) is 7.88. The van der Waals surface area contributed by atoms with Gasteiger partial charge in [-0.15, -0.1) is 0 Å². The van der Waals surface area contributed by atoms with Crippen LogP contribution in [-0.4, -0.2) is 30.3 Å². The highest BCUT2D eigenvalue weighted by molar-refractivity contribution is 5.97. The van der Waals surface area contributed by atoms with Crippen LogP contribution in [0.25, 0.3) is 0 Å². The van der Waals surface area contributed by atoms with E-state index in [2.05, 4.69) is 25.7 Å². The van der Waals surface area contributed by atoms with E-state index in [1.54, 1.807) is 18.2 Å². The van der Waals surface area contributed by atoms with Crippen molar-refractivity contribution >= 4 is 5.78 Å². The fourth-order valence-electron chi connectivity index (χ4n) is 3.16. The Balaban J connectivity index is 1.95. The molecule has 1 aliphatic heterocycles. The van der Waals surface area contributed by atoms with Gasteiger partial charge < -0.3 is 0 Å². The lowest BCUT2D eigenvalue weighted by atomic mass is 9.77. The summed E-state index contributed by atoms with van der Waals surface area (Å²) >= 11 is 0. The summed E-state index contributed by atoms with van der Waals surface area (Å²) in [5.74, 6) is 0.179. The van der Waals surface area contributed by atoms with Gasteiger partial charge in [-0.2, -0.15) is 0 Å². The molecule has 3 heteroatoms. The summed E-state index contributed by atoms with van der Waals surface area (Å²) < 4.78 is 13.7. The molecule has 21 heavy (non-hydrogen) atoms. The fraction of sp³-hybridized carbons (Fsp3) is 0.611. The molecule has 2 rings (SSSR count). The third-order valence-electron chi connectivity index (χ3n) is 4.59. The Labute approximate surface area is 127 Å². The van der Waals surface area contributed by atoms with E-state index in [-0.39, 0.29) is 11.3 Å². The lowest BCUT2D eigenvalue weighted by molar-refractivity contribution is 0.0926. The molecule has 2 nitrogen and oxygen atoms in total. The van der Waals surface area contributed by atoms with E-state index in [0.29, 0.717) is 17.9 Å². The van der Waals surface area contributed by atoms with E-state index in [9.17, 15) is 9.18 Å². The van der Waals surface area contributed by atoms with E-state index in [1.165, 1.54) is 12.5 Å². The summed E-state index contributed by atoms with van der Waals surface area (Å²) in [7, 11) is 0. The molecular formula is C18H26FNO. The summed E-state index contributed by atoms with van der Waals surface area (Å²) in [5, 5.41) is 0. The fourth-order valence-corrected chi connectivity index (χ4v) is 3.16. The van der Waals surface area contributed by atoms with Crippen LogP contribution < -0.4 is 0 Å². The first-order chi connectivity index (χ1) is 9.88. The van der Waals surface area contributed by atoms with Crippen LogP contribution in [0.15, 0.2) is 24.3 Å². The zero-order chi connectivity index (χ0) is 15.5. The maximum atomic E-state index is 13.7. The SMILES string of the molecule is CC(C)(C)C1CCCN(CC(=O)c2ccccc2F)CC1. The summed E-state index contributed by atoms with van der Waals surface area (Å²) in [6, 6.07) is 6.26. The van der Waals surface area contributed by atoms with Crippen molar-refractivity contribution in [3.8, 4) is 0 Å². The van der Waals surface area contributed by atoms with Crippen molar-refractivity contribution in [2.24, 2.45) is 11.3 Å². The van der Waals surface area contributed by atoms with Crippen molar-refractivity contribution in [3.05, 3.63) is 35.6 Å². The third-order valence-corrected chi connectivity index (χ3v) is 4.59. The molecule has 1 saturated heterocycles. The molecule has 0 radical (unpaired) electrons.